The second kappa shape index (κ2) is 5.92. The molecular weight excluding hydrogens is 204 g/mol. The number of nitrogens with one attached hydrogen (secondary N) is 1. The van der Waals surface area contributed by atoms with E-state index in [1.54, 1.807) is 0 Å². The molecule has 1 N–H and O–H groups in total. The van der Waals surface area contributed by atoms with E-state index in [1.807, 2.05) is 17.8 Å². The molecule has 2 bridgehead atoms. The Balaban J connectivity index is 1.61. The van der Waals surface area contributed by atoms with Gasteiger partial charge in [0.15, 0.2) is 0 Å². The standard InChI is InChI=1S/C12H22N2S/c1-2-8-15-9-5-13-12-10-14-6-3-11(12)4-7-14/h2,11-13H,1,3-10H2. The molecule has 3 heteroatoms. The summed E-state index contributed by atoms with van der Waals surface area (Å²) < 4.78 is 0. The van der Waals surface area contributed by atoms with Crippen LogP contribution < -0.4 is 5.32 Å². The molecule has 0 aromatic rings. The summed E-state index contributed by atoms with van der Waals surface area (Å²) in [4.78, 5) is 2.61. The Labute approximate surface area is 97.5 Å². The maximum atomic E-state index is 3.73. The minimum atomic E-state index is 0.775. The summed E-state index contributed by atoms with van der Waals surface area (Å²) in [5.41, 5.74) is 0. The van der Waals surface area contributed by atoms with E-state index >= 15 is 0 Å². The van der Waals surface area contributed by atoms with Gasteiger partial charge < -0.3 is 10.2 Å². The van der Waals surface area contributed by atoms with Gasteiger partial charge in [0.1, 0.15) is 0 Å². The molecule has 0 aromatic carbocycles. The third kappa shape index (κ3) is 3.23. The van der Waals surface area contributed by atoms with E-state index in [4.69, 9.17) is 0 Å². The first-order valence-corrected chi connectivity index (χ1v) is 7.20. The number of hydrogen-bond acceptors (Lipinski definition) is 3. The van der Waals surface area contributed by atoms with Crippen LogP contribution in [0.5, 0.6) is 0 Å². The van der Waals surface area contributed by atoms with Crippen LogP contribution in [-0.2, 0) is 0 Å². The highest BCUT2D eigenvalue weighted by atomic mass is 32.2. The Bertz CT molecular complexity index is 200. The summed E-state index contributed by atoms with van der Waals surface area (Å²) in [7, 11) is 0. The van der Waals surface area contributed by atoms with E-state index in [1.165, 1.54) is 38.2 Å². The van der Waals surface area contributed by atoms with Gasteiger partial charge in [0.05, 0.1) is 0 Å². The van der Waals surface area contributed by atoms with Crippen LogP contribution in [0.2, 0.25) is 0 Å². The van der Waals surface area contributed by atoms with Gasteiger partial charge in [-0.25, -0.2) is 0 Å². The molecule has 3 heterocycles. The highest BCUT2D eigenvalue weighted by Gasteiger charge is 2.33. The van der Waals surface area contributed by atoms with Crippen molar-refractivity contribution in [3.63, 3.8) is 0 Å². The van der Waals surface area contributed by atoms with Gasteiger partial charge >= 0.3 is 0 Å². The van der Waals surface area contributed by atoms with Crippen LogP contribution in [0.1, 0.15) is 12.8 Å². The van der Waals surface area contributed by atoms with Crippen molar-refractivity contribution < 1.29 is 0 Å². The van der Waals surface area contributed by atoms with Gasteiger partial charge in [-0.05, 0) is 31.8 Å². The molecule has 0 amide bonds. The molecule has 86 valence electrons. The van der Waals surface area contributed by atoms with Crippen LogP contribution >= 0.6 is 11.8 Å². The van der Waals surface area contributed by atoms with Crippen molar-refractivity contribution in [2.45, 2.75) is 18.9 Å². The Morgan fingerprint density at radius 3 is 2.80 bits per heavy atom. The molecule has 3 rings (SSSR count). The van der Waals surface area contributed by atoms with Gasteiger partial charge in [-0.15, -0.1) is 6.58 Å². The lowest BCUT2D eigenvalue weighted by molar-refractivity contribution is 0.0738. The van der Waals surface area contributed by atoms with Crippen molar-refractivity contribution in [2.24, 2.45) is 5.92 Å². The van der Waals surface area contributed by atoms with Gasteiger partial charge in [0.25, 0.3) is 0 Å². The Morgan fingerprint density at radius 1 is 1.40 bits per heavy atom. The molecule has 3 saturated heterocycles. The fourth-order valence-corrected chi connectivity index (χ4v) is 3.28. The van der Waals surface area contributed by atoms with E-state index in [2.05, 4.69) is 16.8 Å². The molecule has 3 aliphatic rings. The predicted molar refractivity (Wildman–Crippen MR) is 68.5 cm³/mol. The predicted octanol–water partition coefficient (Wildman–Crippen LogP) is 1.59. The number of rotatable bonds is 6. The molecule has 3 fully saturated rings. The first-order valence-electron chi connectivity index (χ1n) is 6.04. The number of thioether (sulfide) groups is 1. The second-order valence-electron chi connectivity index (χ2n) is 4.56. The fourth-order valence-electron chi connectivity index (χ4n) is 2.68. The zero-order valence-corrected chi connectivity index (χ0v) is 10.3. The number of hydrogen-bond donors (Lipinski definition) is 1. The van der Waals surface area contributed by atoms with Crippen molar-refractivity contribution >= 4 is 11.8 Å². The summed E-state index contributed by atoms with van der Waals surface area (Å²) in [5, 5.41) is 3.72. The minimum Gasteiger partial charge on any atom is -0.312 e. The molecule has 15 heavy (non-hydrogen) atoms. The fraction of sp³-hybridized carbons (Fsp3) is 0.833. The summed E-state index contributed by atoms with van der Waals surface area (Å²) >= 11 is 1.97. The molecule has 0 spiro atoms. The lowest BCUT2D eigenvalue weighted by atomic mass is 9.84. The Kier molecular flexibility index (Phi) is 4.54. The molecule has 0 radical (unpaired) electrons. The third-order valence-electron chi connectivity index (χ3n) is 3.54. The first-order chi connectivity index (χ1) is 7.40. The Hall–Kier alpha value is 0.01000. The maximum absolute atomic E-state index is 3.73. The third-order valence-corrected chi connectivity index (χ3v) is 4.51. The summed E-state index contributed by atoms with van der Waals surface area (Å²) in [6.45, 7) is 8.86. The van der Waals surface area contributed by atoms with Crippen LogP contribution in [0.25, 0.3) is 0 Å². The summed E-state index contributed by atoms with van der Waals surface area (Å²) in [5.74, 6) is 3.26. The normalized spacial score (nSPS) is 34.3. The van der Waals surface area contributed by atoms with E-state index in [0.717, 1.165) is 24.3 Å². The average Bonchev–Trinajstić information content (AvgIpc) is 2.30. The van der Waals surface area contributed by atoms with Crippen molar-refractivity contribution in [1.82, 2.24) is 10.2 Å². The first kappa shape index (κ1) is 11.5. The van der Waals surface area contributed by atoms with Crippen molar-refractivity contribution in [2.75, 3.05) is 37.7 Å². The number of fused-ring (bicyclic) bond motifs is 3. The van der Waals surface area contributed by atoms with E-state index in [9.17, 15) is 0 Å². The largest absolute Gasteiger partial charge is 0.312 e. The zero-order valence-electron chi connectivity index (χ0n) is 9.45. The van der Waals surface area contributed by atoms with Crippen molar-refractivity contribution in [1.29, 1.82) is 0 Å². The quantitative estimate of drug-likeness (QED) is 0.547. The monoisotopic (exact) mass is 226 g/mol. The van der Waals surface area contributed by atoms with Gasteiger partial charge in [0.2, 0.25) is 0 Å². The molecule has 0 saturated carbocycles. The van der Waals surface area contributed by atoms with Gasteiger partial charge in [-0.3, -0.25) is 0 Å². The van der Waals surface area contributed by atoms with E-state index in [0.29, 0.717) is 0 Å². The average molecular weight is 226 g/mol. The van der Waals surface area contributed by atoms with Crippen LogP contribution in [0.4, 0.5) is 0 Å². The summed E-state index contributed by atoms with van der Waals surface area (Å²) in [6, 6.07) is 0.775. The molecule has 1 unspecified atom stereocenters. The molecule has 1 atom stereocenters. The van der Waals surface area contributed by atoms with Crippen molar-refractivity contribution in [3.8, 4) is 0 Å². The lowest BCUT2D eigenvalue weighted by Crippen LogP contribution is -2.56. The van der Waals surface area contributed by atoms with Gasteiger partial charge in [0, 0.05) is 30.6 Å². The SMILES string of the molecule is C=CCSCCNC1CN2CCC1CC2. The van der Waals surface area contributed by atoms with E-state index in [-0.39, 0.29) is 0 Å². The smallest absolute Gasteiger partial charge is 0.0224 e. The highest BCUT2D eigenvalue weighted by molar-refractivity contribution is 7.99. The lowest BCUT2D eigenvalue weighted by Gasteiger charge is -2.45. The molecule has 3 aliphatic heterocycles. The molecule has 0 aromatic heterocycles. The van der Waals surface area contributed by atoms with Crippen LogP contribution in [0, 0.1) is 5.92 Å². The van der Waals surface area contributed by atoms with E-state index < -0.39 is 0 Å². The number of nitrogens with zero attached hydrogens (tertiary/aromatic N) is 1. The van der Waals surface area contributed by atoms with Crippen LogP contribution in [0.15, 0.2) is 12.7 Å². The maximum Gasteiger partial charge on any atom is 0.0224 e. The van der Waals surface area contributed by atoms with Gasteiger partial charge in [-0.2, -0.15) is 11.8 Å². The summed E-state index contributed by atoms with van der Waals surface area (Å²) in [6.07, 6.45) is 4.81. The molecular formula is C12H22N2S. The van der Waals surface area contributed by atoms with Crippen LogP contribution in [0.3, 0.4) is 0 Å². The Morgan fingerprint density at radius 2 is 2.20 bits per heavy atom. The van der Waals surface area contributed by atoms with Crippen LogP contribution in [-0.4, -0.2) is 48.6 Å². The number of piperidine rings is 3. The molecule has 2 nitrogen and oxygen atoms in total. The topological polar surface area (TPSA) is 15.3 Å². The second-order valence-corrected chi connectivity index (χ2v) is 5.71. The molecule has 0 aliphatic carbocycles. The zero-order chi connectivity index (χ0) is 10.5. The highest BCUT2D eigenvalue weighted by Crippen LogP contribution is 2.27. The minimum absolute atomic E-state index is 0.775. The van der Waals surface area contributed by atoms with Crippen molar-refractivity contribution in [3.05, 3.63) is 12.7 Å². The van der Waals surface area contributed by atoms with Gasteiger partial charge in [-0.1, -0.05) is 6.08 Å².